The number of amides is 1. The number of hydrogen-bond acceptors (Lipinski definition) is 4. The molecule has 0 radical (unpaired) electrons. The molecular weight excluding hydrogens is 358 g/mol. The highest BCUT2D eigenvalue weighted by Crippen LogP contribution is 2.37. The van der Waals surface area contributed by atoms with Gasteiger partial charge >= 0.3 is 6.61 Å². The van der Waals surface area contributed by atoms with Crippen molar-refractivity contribution in [3.05, 3.63) is 59.1 Å². The van der Waals surface area contributed by atoms with Gasteiger partial charge in [-0.15, -0.1) is 11.3 Å². The van der Waals surface area contributed by atoms with Crippen LogP contribution < -0.4 is 4.74 Å². The molecule has 0 aliphatic carbocycles. The summed E-state index contributed by atoms with van der Waals surface area (Å²) >= 11 is 1.59. The molecule has 2 aromatic carbocycles. The third-order valence-electron chi connectivity index (χ3n) is 4.42. The predicted octanol–water partition coefficient (Wildman–Crippen LogP) is 4.88. The number of carbonyl (C=O) groups excluding carboxylic acids is 1. The van der Waals surface area contributed by atoms with Crippen LogP contribution in [0.1, 0.15) is 34.2 Å². The number of thiazole rings is 1. The number of ether oxygens (including phenoxy) is 1. The lowest BCUT2D eigenvalue weighted by Gasteiger charge is -2.23. The van der Waals surface area contributed by atoms with E-state index < -0.39 is 6.61 Å². The molecule has 7 heteroatoms. The molecule has 1 atom stereocenters. The van der Waals surface area contributed by atoms with Crippen molar-refractivity contribution < 1.29 is 18.3 Å². The number of carbonyl (C=O) groups is 1. The minimum Gasteiger partial charge on any atom is -0.435 e. The summed E-state index contributed by atoms with van der Waals surface area (Å²) < 4.78 is 30.3. The maximum Gasteiger partial charge on any atom is 0.387 e. The zero-order valence-electron chi connectivity index (χ0n) is 13.8. The number of alkyl halides is 2. The van der Waals surface area contributed by atoms with E-state index in [2.05, 4.69) is 9.72 Å². The van der Waals surface area contributed by atoms with Crippen LogP contribution in [0.25, 0.3) is 10.2 Å². The van der Waals surface area contributed by atoms with Crippen molar-refractivity contribution in [2.24, 2.45) is 0 Å². The Balaban J connectivity index is 1.60. The van der Waals surface area contributed by atoms with Crippen molar-refractivity contribution in [3.63, 3.8) is 0 Å². The van der Waals surface area contributed by atoms with E-state index >= 15 is 0 Å². The summed E-state index contributed by atoms with van der Waals surface area (Å²) in [6, 6.07) is 13.8. The molecule has 0 spiro atoms. The number of hydrogen-bond donors (Lipinski definition) is 0. The molecule has 1 amide bonds. The molecule has 3 aromatic rings. The number of fused-ring (bicyclic) bond motifs is 1. The first-order chi connectivity index (χ1) is 12.6. The monoisotopic (exact) mass is 374 g/mol. The maximum absolute atomic E-state index is 12.9. The molecule has 0 bridgehead atoms. The van der Waals surface area contributed by atoms with Crippen molar-refractivity contribution >= 4 is 27.5 Å². The molecule has 26 heavy (non-hydrogen) atoms. The van der Waals surface area contributed by atoms with Crippen molar-refractivity contribution in [2.45, 2.75) is 25.5 Å². The second kappa shape index (κ2) is 6.99. The van der Waals surface area contributed by atoms with Gasteiger partial charge in [0.25, 0.3) is 5.91 Å². The minimum absolute atomic E-state index is 0.0124. The topological polar surface area (TPSA) is 42.4 Å². The Morgan fingerprint density at radius 3 is 2.88 bits per heavy atom. The van der Waals surface area contributed by atoms with Crippen LogP contribution in [-0.2, 0) is 0 Å². The number of aromatic nitrogens is 1. The molecule has 1 unspecified atom stereocenters. The molecule has 1 fully saturated rings. The van der Waals surface area contributed by atoms with Crippen molar-refractivity contribution in [1.29, 1.82) is 0 Å². The lowest BCUT2D eigenvalue weighted by molar-refractivity contribution is -0.0499. The van der Waals surface area contributed by atoms with E-state index in [-0.39, 0.29) is 17.7 Å². The first-order valence-electron chi connectivity index (χ1n) is 8.33. The highest BCUT2D eigenvalue weighted by Gasteiger charge is 2.33. The molecule has 2 heterocycles. The predicted molar refractivity (Wildman–Crippen MR) is 95.7 cm³/mol. The summed E-state index contributed by atoms with van der Waals surface area (Å²) in [4.78, 5) is 19.4. The molecule has 4 rings (SSSR count). The fourth-order valence-corrected chi connectivity index (χ4v) is 4.39. The van der Waals surface area contributed by atoms with E-state index in [0.717, 1.165) is 28.1 Å². The summed E-state index contributed by atoms with van der Waals surface area (Å²) in [7, 11) is 0. The van der Waals surface area contributed by atoms with Crippen molar-refractivity contribution in [2.75, 3.05) is 6.54 Å². The van der Waals surface area contributed by atoms with E-state index in [0.29, 0.717) is 12.1 Å². The van der Waals surface area contributed by atoms with Crippen LogP contribution in [0.4, 0.5) is 8.78 Å². The third-order valence-corrected chi connectivity index (χ3v) is 5.55. The van der Waals surface area contributed by atoms with Crippen molar-refractivity contribution in [1.82, 2.24) is 9.88 Å². The third kappa shape index (κ3) is 3.26. The van der Waals surface area contributed by atoms with Gasteiger partial charge in [-0.1, -0.05) is 18.2 Å². The number of likely N-dealkylation sites (tertiary alicyclic amines) is 1. The van der Waals surface area contributed by atoms with Gasteiger partial charge < -0.3 is 9.64 Å². The fourth-order valence-electron chi connectivity index (χ4n) is 3.27. The van der Waals surface area contributed by atoms with Crippen LogP contribution in [0.3, 0.4) is 0 Å². The van der Waals surface area contributed by atoms with Crippen LogP contribution in [-0.4, -0.2) is 28.9 Å². The molecule has 134 valence electrons. The van der Waals surface area contributed by atoms with Gasteiger partial charge in [0.05, 0.1) is 16.3 Å². The van der Waals surface area contributed by atoms with Gasteiger partial charge in [-0.05, 0) is 43.2 Å². The zero-order valence-corrected chi connectivity index (χ0v) is 14.6. The van der Waals surface area contributed by atoms with Crippen LogP contribution in [0.2, 0.25) is 0 Å². The summed E-state index contributed by atoms with van der Waals surface area (Å²) in [6.45, 7) is -2.29. The van der Waals surface area contributed by atoms with Gasteiger partial charge in [0.2, 0.25) is 0 Å². The Morgan fingerprint density at radius 1 is 1.23 bits per heavy atom. The Labute approximate surface area is 153 Å². The van der Waals surface area contributed by atoms with Crippen LogP contribution >= 0.6 is 11.3 Å². The highest BCUT2D eigenvalue weighted by molar-refractivity contribution is 7.18. The number of halogens is 2. The average Bonchev–Trinajstić information content (AvgIpc) is 3.27. The lowest BCUT2D eigenvalue weighted by Crippen LogP contribution is -2.30. The Hall–Kier alpha value is -2.54. The number of para-hydroxylation sites is 1. The lowest BCUT2D eigenvalue weighted by atomic mass is 10.1. The Bertz CT molecular complexity index is 911. The van der Waals surface area contributed by atoms with Crippen LogP contribution in [0.15, 0.2) is 48.5 Å². The molecule has 4 nitrogen and oxygen atoms in total. The van der Waals surface area contributed by atoms with Crippen LogP contribution in [0, 0.1) is 0 Å². The van der Waals surface area contributed by atoms with E-state index in [4.69, 9.17) is 0 Å². The Morgan fingerprint density at radius 2 is 2.08 bits per heavy atom. The van der Waals surface area contributed by atoms with Gasteiger partial charge in [0.1, 0.15) is 10.8 Å². The summed E-state index contributed by atoms with van der Waals surface area (Å²) in [5.74, 6) is -0.201. The summed E-state index contributed by atoms with van der Waals surface area (Å²) in [5.41, 5.74) is 1.27. The summed E-state index contributed by atoms with van der Waals surface area (Å²) in [6.07, 6.45) is 1.73. The first-order valence-corrected chi connectivity index (χ1v) is 9.15. The second-order valence-corrected chi connectivity index (χ2v) is 7.14. The molecule has 1 aliphatic rings. The Kier molecular flexibility index (Phi) is 4.55. The van der Waals surface area contributed by atoms with Gasteiger partial charge in [-0.2, -0.15) is 8.78 Å². The quantitative estimate of drug-likeness (QED) is 0.654. The average molecular weight is 374 g/mol. The molecule has 0 saturated carbocycles. The van der Waals surface area contributed by atoms with Gasteiger partial charge in [0.15, 0.2) is 0 Å². The second-order valence-electron chi connectivity index (χ2n) is 6.08. The maximum atomic E-state index is 12.9. The highest BCUT2D eigenvalue weighted by atomic mass is 32.1. The first kappa shape index (κ1) is 16.9. The zero-order chi connectivity index (χ0) is 18.1. The number of rotatable bonds is 4. The fraction of sp³-hybridized carbons (Fsp3) is 0.263. The van der Waals surface area contributed by atoms with Gasteiger partial charge in [-0.25, -0.2) is 4.98 Å². The van der Waals surface area contributed by atoms with E-state index in [1.807, 2.05) is 24.3 Å². The van der Waals surface area contributed by atoms with E-state index in [9.17, 15) is 13.6 Å². The molecule has 1 saturated heterocycles. The smallest absolute Gasteiger partial charge is 0.387 e. The van der Waals surface area contributed by atoms with Crippen LogP contribution in [0.5, 0.6) is 5.75 Å². The normalized spacial score (nSPS) is 17.2. The van der Waals surface area contributed by atoms with E-state index in [1.54, 1.807) is 28.4 Å². The van der Waals surface area contributed by atoms with E-state index in [1.165, 1.54) is 12.1 Å². The number of nitrogens with zero attached hydrogens (tertiary/aromatic N) is 2. The summed E-state index contributed by atoms with van der Waals surface area (Å²) in [5, 5.41) is 0.914. The molecule has 1 aromatic heterocycles. The largest absolute Gasteiger partial charge is 0.435 e. The molecule has 0 N–H and O–H groups in total. The van der Waals surface area contributed by atoms with Crippen molar-refractivity contribution in [3.8, 4) is 5.75 Å². The molecular formula is C19H16F2N2O2S. The minimum atomic E-state index is -2.91. The standard InChI is InChI=1S/C19H16F2N2O2S/c20-19(21)25-13-6-3-5-12(11-13)18(24)23-10-4-8-15(23)17-22-14-7-1-2-9-16(14)26-17/h1-3,5-7,9,11,15,19H,4,8,10H2. The van der Waals surface area contributed by atoms with Gasteiger partial charge in [-0.3, -0.25) is 4.79 Å². The number of benzene rings is 2. The molecule has 1 aliphatic heterocycles. The van der Waals surface area contributed by atoms with Gasteiger partial charge in [0, 0.05) is 12.1 Å². The SMILES string of the molecule is O=C(c1cccc(OC(F)F)c1)N1CCCC1c1nc2ccccc2s1.